The van der Waals surface area contributed by atoms with Crippen LogP contribution in [-0.2, 0) is 13.6 Å². The lowest BCUT2D eigenvalue weighted by atomic mass is 10.0. The molecule has 2 atom stereocenters. The molecule has 0 amide bonds. The molecule has 3 heterocycles. The van der Waals surface area contributed by atoms with Crippen LogP contribution in [0.15, 0.2) is 61.2 Å². The van der Waals surface area contributed by atoms with Gasteiger partial charge in [-0.1, -0.05) is 24.3 Å². The summed E-state index contributed by atoms with van der Waals surface area (Å²) in [5, 5.41) is 14.4. The highest BCUT2D eigenvalue weighted by Gasteiger charge is 2.33. The number of aliphatic hydroxyl groups is 1. The van der Waals surface area contributed by atoms with Gasteiger partial charge in [0, 0.05) is 39.1 Å². The molecule has 134 valence electrons. The summed E-state index contributed by atoms with van der Waals surface area (Å²) in [6.45, 7) is 2.06. The standard InChI is InChI=1S/C20H22N4O2/c1-23-12-18(10-22-23)26-20-14-24(13-19(20)25)11-15-4-2-5-16(8-15)17-6-3-7-21-9-17/h2-10,12,19-20,25H,11,13-14H2,1H3/t19-,20-/m1/s1. The highest BCUT2D eigenvalue weighted by atomic mass is 16.5. The van der Waals surface area contributed by atoms with Gasteiger partial charge in [-0.05, 0) is 28.8 Å². The zero-order valence-electron chi connectivity index (χ0n) is 14.7. The first-order chi connectivity index (χ1) is 12.7. The summed E-state index contributed by atoms with van der Waals surface area (Å²) in [5.74, 6) is 0.692. The third kappa shape index (κ3) is 3.76. The summed E-state index contributed by atoms with van der Waals surface area (Å²) in [6.07, 6.45) is 6.40. The highest BCUT2D eigenvalue weighted by Crippen LogP contribution is 2.23. The Bertz CT molecular complexity index is 865. The fraction of sp³-hybridized carbons (Fsp3) is 0.300. The van der Waals surface area contributed by atoms with Crippen LogP contribution in [0.3, 0.4) is 0 Å². The van der Waals surface area contributed by atoms with E-state index in [0.717, 1.165) is 17.7 Å². The maximum absolute atomic E-state index is 10.3. The Kier molecular flexibility index (Phi) is 4.69. The van der Waals surface area contributed by atoms with Gasteiger partial charge in [0.2, 0.25) is 0 Å². The quantitative estimate of drug-likeness (QED) is 0.764. The number of hydrogen-bond acceptors (Lipinski definition) is 5. The molecule has 26 heavy (non-hydrogen) atoms. The molecule has 1 fully saturated rings. The SMILES string of the molecule is Cn1cc(O[C@@H]2CN(Cc3cccc(-c4cccnc4)c3)C[C@H]2O)cn1. The molecular weight excluding hydrogens is 328 g/mol. The predicted molar refractivity (Wildman–Crippen MR) is 98.6 cm³/mol. The van der Waals surface area contributed by atoms with Gasteiger partial charge in [-0.3, -0.25) is 14.6 Å². The van der Waals surface area contributed by atoms with E-state index in [1.807, 2.05) is 25.5 Å². The van der Waals surface area contributed by atoms with Crippen molar-refractivity contribution in [1.82, 2.24) is 19.7 Å². The lowest BCUT2D eigenvalue weighted by molar-refractivity contribution is 0.0736. The number of pyridine rings is 1. The monoisotopic (exact) mass is 350 g/mol. The Labute approximate surface area is 152 Å². The number of aliphatic hydroxyl groups excluding tert-OH is 1. The van der Waals surface area contributed by atoms with Gasteiger partial charge in [0.05, 0.1) is 12.4 Å². The number of likely N-dealkylation sites (tertiary alicyclic amines) is 1. The van der Waals surface area contributed by atoms with Gasteiger partial charge in [0.25, 0.3) is 0 Å². The molecule has 1 N–H and O–H groups in total. The summed E-state index contributed by atoms with van der Waals surface area (Å²) in [6, 6.07) is 12.4. The first kappa shape index (κ1) is 16.8. The van der Waals surface area contributed by atoms with Crippen LogP contribution in [0, 0.1) is 0 Å². The van der Waals surface area contributed by atoms with Crippen LogP contribution in [0.5, 0.6) is 5.75 Å². The van der Waals surface area contributed by atoms with Gasteiger partial charge in [0.15, 0.2) is 5.75 Å². The van der Waals surface area contributed by atoms with Crippen LogP contribution in [0.4, 0.5) is 0 Å². The summed E-state index contributed by atoms with van der Waals surface area (Å²) >= 11 is 0. The van der Waals surface area contributed by atoms with Crippen molar-refractivity contribution in [1.29, 1.82) is 0 Å². The number of nitrogens with zero attached hydrogens (tertiary/aromatic N) is 4. The average Bonchev–Trinajstić information content (AvgIpc) is 3.21. The van der Waals surface area contributed by atoms with Crippen LogP contribution < -0.4 is 4.74 Å². The van der Waals surface area contributed by atoms with Crippen molar-refractivity contribution >= 4 is 0 Å². The Morgan fingerprint density at radius 1 is 1.15 bits per heavy atom. The van der Waals surface area contributed by atoms with Gasteiger partial charge < -0.3 is 9.84 Å². The minimum atomic E-state index is -0.503. The van der Waals surface area contributed by atoms with E-state index in [0.29, 0.717) is 18.8 Å². The van der Waals surface area contributed by atoms with E-state index in [-0.39, 0.29) is 6.10 Å². The topological polar surface area (TPSA) is 63.4 Å². The van der Waals surface area contributed by atoms with Crippen LogP contribution in [0.25, 0.3) is 11.1 Å². The van der Waals surface area contributed by atoms with E-state index in [1.165, 1.54) is 5.56 Å². The van der Waals surface area contributed by atoms with Crippen molar-refractivity contribution < 1.29 is 9.84 Å². The molecule has 1 aliphatic rings. The molecule has 0 spiro atoms. The molecule has 1 saturated heterocycles. The van der Waals surface area contributed by atoms with Crippen molar-refractivity contribution in [2.75, 3.05) is 13.1 Å². The van der Waals surface area contributed by atoms with Crippen molar-refractivity contribution in [3.8, 4) is 16.9 Å². The third-order valence-electron chi connectivity index (χ3n) is 4.61. The molecular formula is C20H22N4O2. The van der Waals surface area contributed by atoms with Crippen LogP contribution >= 0.6 is 0 Å². The minimum absolute atomic E-state index is 0.235. The Balaban J connectivity index is 1.42. The van der Waals surface area contributed by atoms with Crippen molar-refractivity contribution in [3.63, 3.8) is 0 Å². The van der Waals surface area contributed by atoms with Crippen LogP contribution in [0.2, 0.25) is 0 Å². The average molecular weight is 350 g/mol. The lowest BCUT2D eigenvalue weighted by Gasteiger charge is -2.16. The normalized spacial score (nSPS) is 20.4. The molecule has 0 aliphatic carbocycles. The molecule has 0 radical (unpaired) electrons. The number of rotatable bonds is 5. The minimum Gasteiger partial charge on any atom is -0.483 e. The molecule has 6 nitrogen and oxygen atoms in total. The van der Waals surface area contributed by atoms with E-state index in [9.17, 15) is 5.11 Å². The molecule has 0 bridgehead atoms. The summed E-state index contributed by atoms with van der Waals surface area (Å²) in [5.41, 5.74) is 3.47. The van der Waals surface area contributed by atoms with E-state index in [2.05, 4.69) is 45.3 Å². The summed E-state index contributed by atoms with van der Waals surface area (Å²) in [4.78, 5) is 6.40. The maximum atomic E-state index is 10.3. The molecule has 3 aromatic rings. The molecule has 1 aliphatic heterocycles. The van der Waals surface area contributed by atoms with Gasteiger partial charge in [-0.2, -0.15) is 5.10 Å². The van der Waals surface area contributed by atoms with E-state index in [1.54, 1.807) is 17.1 Å². The number of aryl methyl sites for hydroxylation is 1. The second kappa shape index (κ2) is 7.27. The van der Waals surface area contributed by atoms with Gasteiger partial charge in [-0.25, -0.2) is 0 Å². The van der Waals surface area contributed by atoms with Crippen molar-refractivity contribution in [3.05, 3.63) is 66.7 Å². The van der Waals surface area contributed by atoms with Gasteiger partial charge >= 0.3 is 0 Å². The number of hydrogen-bond donors (Lipinski definition) is 1. The second-order valence-corrected chi connectivity index (χ2v) is 6.71. The van der Waals surface area contributed by atoms with Gasteiger partial charge in [0.1, 0.15) is 12.2 Å². The Morgan fingerprint density at radius 2 is 2.04 bits per heavy atom. The smallest absolute Gasteiger partial charge is 0.157 e. The van der Waals surface area contributed by atoms with E-state index < -0.39 is 6.10 Å². The Morgan fingerprint density at radius 3 is 2.81 bits per heavy atom. The maximum Gasteiger partial charge on any atom is 0.157 e. The first-order valence-corrected chi connectivity index (χ1v) is 8.72. The second-order valence-electron chi connectivity index (χ2n) is 6.71. The lowest BCUT2D eigenvalue weighted by Crippen LogP contribution is -2.29. The number of ether oxygens (including phenoxy) is 1. The van der Waals surface area contributed by atoms with E-state index >= 15 is 0 Å². The first-order valence-electron chi connectivity index (χ1n) is 8.72. The molecule has 6 heteroatoms. The number of aromatic nitrogens is 3. The molecule has 4 rings (SSSR count). The van der Waals surface area contributed by atoms with Gasteiger partial charge in [-0.15, -0.1) is 0 Å². The number of benzene rings is 1. The van der Waals surface area contributed by atoms with Crippen LogP contribution in [0.1, 0.15) is 5.56 Å². The summed E-state index contributed by atoms with van der Waals surface area (Å²) < 4.78 is 7.58. The molecule has 0 saturated carbocycles. The molecule has 2 aromatic heterocycles. The zero-order valence-corrected chi connectivity index (χ0v) is 14.7. The van der Waals surface area contributed by atoms with Crippen LogP contribution in [-0.4, -0.2) is 50.1 Å². The van der Waals surface area contributed by atoms with E-state index in [4.69, 9.17) is 4.74 Å². The highest BCUT2D eigenvalue weighted by molar-refractivity contribution is 5.62. The predicted octanol–water partition coefficient (Wildman–Crippen LogP) is 2.11. The van der Waals surface area contributed by atoms with Crippen molar-refractivity contribution in [2.45, 2.75) is 18.8 Å². The number of β-amino-alcohol motifs (C(OH)–C–C–N with tert-alkyl or cyclic N) is 1. The third-order valence-corrected chi connectivity index (χ3v) is 4.61. The molecule has 1 aromatic carbocycles. The fourth-order valence-electron chi connectivity index (χ4n) is 3.35. The zero-order chi connectivity index (χ0) is 17.9. The fourth-order valence-corrected chi connectivity index (χ4v) is 3.35. The molecule has 0 unspecified atom stereocenters. The largest absolute Gasteiger partial charge is 0.483 e. The van der Waals surface area contributed by atoms with Crippen molar-refractivity contribution in [2.24, 2.45) is 7.05 Å². The Hall–Kier alpha value is -2.70. The summed E-state index contributed by atoms with van der Waals surface area (Å²) in [7, 11) is 1.85.